The van der Waals surface area contributed by atoms with Gasteiger partial charge in [0.2, 0.25) is 0 Å². The molecule has 0 heterocycles. The third-order valence-corrected chi connectivity index (χ3v) is 4.43. The number of carbonyl (C=O) groups is 1. The zero-order chi connectivity index (χ0) is 20.0. The Morgan fingerprint density at radius 1 is 1.30 bits per heavy atom. The number of halogens is 3. The van der Waals surface area contributed by atoms with Crippen molar-refractivity contribution in [2.24, 2.45) is 0 Å². The van der Waals surface area contributed by atoms with Crippen LogP contribution in [-0.4, -0.2) is 37.4 Å². The van der Waals surface area contributed by atoms with E-state index in [0.717, 1.165) is 21.3 Å². The van der Waals surface area contributed by atoms with Gasteiger partial charge in [0.1, 0.15) is 12.7 Å². The first kappa shape index (κ1) is 21.5. The number of rotatable bonds is 8. The molecular weight excluding hydrogens is 473 g/mol. The lowest BCUT2D eigenvalue weighted by Crippen LogP contribution is -2.31. The maximum atomic E-state index is 14.4. The Labute approximate surface area is 169 Å². The molecule has 0 aromatic heterocycles. The van der Waals surface area contributed by atoms with E-state index >= 15 is 0 Å². The third kappa shape index (κ3) is 5.58. The average Bonchev–Trinajstić information content (AvgIpc) is 2.64. The van der Waals surface area contributed by atoms with E-state index in [1.807, 2.05) is 13.0 Å². The Kier molecular flexibility index (Phi) is 7.90. The maximum Gasteiger partial charge on any atom is 0.277 e. The zero-order valence-corrected chi connectivity index (χ0v) is 16.8. The number of hydrogen-bond donors (Lipinski definition) is 3. The number of aliphatic hydroxyl groups excluding tert-OH is 1. The summed E-state index contributed by atoms with van der Waals surface area (Å²) in [6, 6.07) is 7.39. The SMILES string of the molecule is COC(CO)CONC(=O)c1ccc(F)c(F)c1Nc1ccc(I)cc1C. The first-order valence-electron chi connectivity index (χ1n) is 7.94. The number of amides is 1. The summed E-state index contributed by atoms with van der Waals surface area (Å²) in [7, 11) is 1.38. The molecule has 146 valence electrons. The summed E-state index contributed by atoms with van der Waals surface area (Å²) in [5.74, 6) is -3.03. The van der Waals surface area contributed by atoms with Crippen LogP contribution < -0.4 is 10.8 Å². The summed E-state index contributed by atoms with van der Waals surface area (Å²) in [4.78, 5) is 17.3. The van der Waals surface area contributed by atoms with Gasteiger partial charge in [-0.25, -0.2) is 14.3 Å². The average molecular weight is 492 g/mol. The molecule has 1 unspecified atom stereocenters. The lowest BCUT2D eigenvalue weighted by atomic mass is 10.1. The molecule has 3 N–H and O–H groups in total. The predicted molar refractivity (Wildman–Crippen MR) is 105 cm³/mol. The molecule has 0 bridgehead atoms. The van der Waals surface area contributed by atoms with Crippen LogP contribution in [0.2, 0.25) is 0 Å². The fourth-order valence-corrected chi connectivity index (χ4v) is 2.86. The summed E-state index contributed by atoms with van der Waals surface area (Å²) in [5, 5.41) is 11.8. The van der Waals surface area contributed by atoms with Crippen LogP contribution in [0.5, 0.6) is 0 Å². The van der Waals surface area contributed by atoms with Gasteiger partial charge in [-0.2, -0.15) is 0 Å². The Balaban J connectivity index is 2.24. The van der Waals surface area contributed by atoms with Crippen molar-refractivity contribution >= 4 is 39.9 Å². The van der Waals surface area contributed by atoms with Gasteiger partial charge in [0.25, 0.3) is 5.91 Å². The number of aryl methyl sites for hydroxylation is 1. The van der Waals surface area contributed by atoms with E-state index in [2.05, 4.69) is 33.4 Å². The van der Waals surface area contributed by atoms with Crippen LogP contribution in [0.25, 0.3) is 0 Å². The number of hydrogen-bond acceptors (Lipinski definition) is 5. The van der Waals surface area contributed by atoms with Crippen molar-refractivity contribution in [1.82, 2.24) is 5.48 Å². The molecule has 1 atom stereocenters. The van der Waals surface area contributed by atoms with Crippen molar-refractivity contribution < 1.29 is 28.3 Å². The monoisotopic (exact) mass is 492 g/mol. The van der Waals surface area contributed by atoms with E-state index in [-0.39, 0.29) is 24.5 Å². The summed E-state index contributed by atoms with van der Waals surface area (Å²) in [6.07, 6.45) is -0.623. The van der Waals surface area contributed by atoms with Crippen molar-refractivity contribution in [1.29, 1.82) is 0 Å². The minimum atomic E-state index is -1.18. The fourth-order valence-electron chi connectivity index (χ4n) is 2.21. The topological polar surface area (TPSA) is 79.8 Å². The van der Waals surface area contributed by atoms with E-state index < -0.39 is 23.6 Å². The van der Waals surface area contributed by atoms with Crippen LogP contribution in [0.1, 0.15) is 15.9 Å². The minimum Gasteiger partial charge on any atom is -0.394 e. The van der Waals surface area contributed by atoms with E-state index in [1.165, 1.54) is 7.11 Å². The molecule has 0 fully saturated rings. The summed E-state index contributed by atoms with van der Waals surface area (Å²) in [6.45, 7) is 1.40. The van der Waals surface area contributed by atoms with E-state index in [4.69, 9.17) is 14.7 Å². The van der Waals surface area contributed by atoms with Gasteiger partial charge in [-0.15, -0.1) is 0 Å². The van der Waals surface area contributed by atoms with Crippen LogP contribution in [0.3, 0.4) is 0 Å². The minimum absolute atomic E-state index is 0.110. The number of benzene rings is 2. The molecule has 0 saturated carbocycles. The quantitative estimate of drug-likeness (QED) is 0.390. The lowest BCUT2D eigenvalue weighted by Gasteiger charge is -2.16. The van der Waals surface area contributed by atoms with Gasteiger partial charge in [0.05, 0.1) is 17.9 Å². The zero-order valence-electron chi connectivity index (χ0n) is 14.7. The molecule has 6 nitrogen and oxygen atoms in total. The Morgan fingerprint density at radius 2 is 2.04 bits per heavy atom. The third-order valence-electron chi connectivity index (χ3n) is 3.76. The van der Waals surface area contributed by atoms with Gasteiger partial charge >= 0.3 is 0 Å². The molecule has 0 saturated heterocycles. The highest BCUT2D eigenvalue weighted by atomic mass is 127. The highest BCUT2D eigenvalue weighted by Crippen LogP contribution is 2.28. The number of methoxy groups -OCH3 is 1. The Morgan fingerprint density at radius 3 is 2.67 bits per heavy atom. The van der Waals surface area contributed by atoms with E-state index in [1.54, 1.807) is 12.1 Å². The van der Waals surface area contributed by atoms with E-state index in [9.17, 15) is 13.6 Å². The summed E-state index contributed by atoms with van der Waals surface area (Å²) >= 11 is 2.14. The molecule has 2 rings (SSSR count). The number of nitrogens with one attached hydrogen (secondary N) is 2. The molecule has 2 aromatic rings. The van der Waals surface area contributed by atoms with Crippen molar-refractivity contribution in [2.45, 2.75) is 13.0 Å². The predicted octanol–water partition coefficient (Wildman–Crippen LogP) is 3.29. The molecule has 9 heteroatoms. The van der Waals surface area contributed by atoms with Crippen molar-refractivity contribution in [3.8, 4) is 0 Å². The van der Waals surface area contributed by atoms with Gasteiger partial charge in [0.15, 0.2) is 11.6 Å². The number of aliphatic hydroxyl groups is 1. The second-order valence-corrected chi connectivity index (χ2v) is 6.90. The van der Waals surface area contributed by atoms with Gasteiger partial charge in [-0.1, -0.05) is 0 Å². The first-order valence-corrected chi connectivity index (χ1v) is 9.02. The molecule has 0 aliphatic carbocycles. The van der Waals surface area contributed by atoms with Crippen LogP contribution >= 0.6 is 22.6 Å². The van der Waals surface area contributed by atoms with E-state index in [0.29, 0.717) is 5.69 Å². The van der Waals surface area contributed by atoms with Crippen LogP contribution in [0, 0.1) is 22.1 Å². The van der Waals surface area contributed by atoms with Gasteiger partial charge in [0, 0.05) is 16.4 Å². The number of ether oxygens (including phenoxy) is 1. The normalized spacial score (nSPS) is 11.9. The molecular formula is C18H19F2IN2O4. The van der Waals surface area contributed by atoms with Crippen LogP contribution in [0.15, 0.2) is 30.3 Å². The van der Waals surface area contributed by atoms with Gasteiger partial charge in [-0.3, -0.25) is 9.63 Å². The summed E-state index contributed by atoms with van der Waals surface area (Å²) in [5.41, 5.74) is 3.04. The van der Waals surface area contributed by atoms with Crippen LogP contribution in [-0.2, 0) is 9.57 Å². The molecule has 0 radical (unpaired) electrons. The molecule has 0 aliphatic heterocycles. The number of hydroxylamine groups is 1. The van der Waals surface area contributed by atoms with Crippen molar-refractivity contribution in [2.75, 3.05) is 25.6 Å². The van der Waals surface area contributed by atoms with Crippen molar-refractivity contribution in [3.05, 3.63) is 56.7 Å². The molecule has 0 aliphatic rings. The Bertz CT molecular complexity index is 816. The maximum absolute atomic E-state index is 14.4. The van der Waals surface area contributed by atoms with Crippen LogP contribution in [0.4, 0.5) is 20.2 Å². The molecule has 0 spiro atoms. The smallest absolute Gasteiger partial charge is 0.277 e. The first-order chi connectivity index (χ1) is 12.9. The fraction of sp³-hybridized carbons (Fsp3) is 0.278. The van der Waals surface area contributed by atoms with Crippen molar-refractivity contribution in [3.63, 3.8) is 0 Å². The Hall–Kier alpha value is -1.82. The number of carbonyl (C=O) groups excluding carboxylic acids is 1. The second kappa shape index (κ2) is 9.93. The number of anilines is 2. The molecule has 2 aromatic carbocycles. The van der Waals surface area contributed by atoms with Gasteiger partial charge < -0.3 is 15.2 Å². The summed E-state index contributed by atoms with van der Waals surface area (Å²) < 4.78 is 34.0. The lowest BCUT2D eigenvalue weighted by molar-refractivity contribution is -0.0469. The molecule has 1 amide bonds. The second-order valence-electron chi connectivity index (χ2n) is 5.65. The van der Waals surface area contributed by atoms with Gasteiger partial charge in [-0.05, 0) is 65.4 Å². The molecule has 27 heavy (non-hydrogen) atoms. The standard InChI is InChI=1S/C18H19F2IN2O4/c1-10-7-11(21)3-6-15(10)22-17-13(4-5-14(19)16(17)20)18(25)23-27-9-12(8-24)26-2/h3-7,12,22,24H,8-9H2,1-2H3,(H,23,25). The largest absolute Gasteiger partial charge is 0.394 e. The highest BCUT2D eigenvalue weighted by molar-refractivity contribution is 14.1. The highest BCUT2D eigenvalue weighted by Gasteiger charge is 2.20.